The molecule has 0 saturated carbocycles. The average Bonchev–Trinajstić information content (AvgIpc) is 4.13. The molecular formula is C50H55N9O2S. The molecule has 0 radical (unpaired) electrons. The highest BCUT2D eigenvalue weighted by atomic mass is 32.1. The first-order chi connectivity index (χ1) is 30.2. The fraction of sp³-hybridized carbons (Fsp3) is 0.280. The average molecular weight is 846 g/mol. The quantitative estimate of drug-likeness (QED) is 0.153. The Kier molecular flexibility index (Phi) is 15.0. The zero-order valence-corrected chi connectivity index (χ0v) is 37.3. The number of ether oxygens (including phenoxy) is 2. The number of nitrogens with zero attached hydrogens (tertiary/aromatic N) is 7. The van der Waals surface area contributed by atoms with Crippen molar-refractivity contribution in [3.63, 3.8) is 0 Å². The maximum atomic E-state index is 5.39. The number of hydrogen-bond acceptors (Lipinski definition) is 10. The molecule has 9 aromatic rings. The molecule has 3 aliphatic heterocycles. The van der Waals surface area contributed by atoms with Gasteiger partial charge in [-0.1, -0.05) is 53.6 Å². The molecule has 0 aliphatic carbocycles. The molecule has 0 fully saturated rings. The van der Waals surface area contributed by atoms with Crippen LogP contribution in [0, 0.1) is 41.5 Å². The summed E-state index contributed by atoms with van der Waals surface area (Å²) in [5.41, 5.74) is 14.9. The summed E-state index contributed by atoms with van der Waals surface area (Å²) in [5, 5.41) is 17.9. The number of anilines is 1. The Labute approximate surface area is 367 Å². The molecule has 12 rings (SSSR count). The predicted octanol–water partition coefficient (Wildman–Crippen LogP) is 10.8. The van der Waals surface area contributed by atoms with Gasteiger partial charge in [0.25, 0.3) is 0 Å². The van der Waals surface area contributed by atoms with Crippen LogP contribution < -0.4 is 10.1 Å². The first kappa shape index (κ1) is 43.6. The van der Waals surface area contributed by atoms with Crippen LogP contribution >= 0.6 is 11.5 Å². The highest BCUT2D eigenvalue weighted by Crippen LogP contribution is 2.23. The number of hydrogen-bond donors (Lipinski definition) is 2. The third-order valence-electron chi connectivity index (χ3n) is 10.4. The summed E-state index contributed by atoms with van der Waals surface area (Å²) in [6.07, 6.45) is 14.4. The predicted molar refractivity (Wildman–Crippen MR) is 252 cm³/mol. The fourth-order valence-electron chi connectivity index (χ4n) is 7.17. The van der Waals surface area contributed by atoms with Gasteiger partial charge in [-0.3, -0.25) is 15.1 Å². The lowest BCUT2D eigenvalue weighted by atomic mass is 10.1. The van der Waals surface area contributed by atoms with Crippen LogP contribution in [0.15, 0.2) is 116 Å². The Morgan fingerprint density at radius 2 is 1.47 bits per heavy atom. The lowest BCUT2D eigenvalue weighted by Gasteiger charge is -2.15. The van der Waals surface area contributed by atoms with E-state index in [1.807, 2.05) is 86.0 Å². The van der Waals surface area contributed by atoms with Crippen LogP contribution in [0.4, 0.5) is 5.69 Å². The number of aromatic amines is 1. The van der Waals surface area contributed by atoms with Crippen molar-refractivity contribution in [1.29, 1.82) is 0 Å². The van der Waals surface area contributed by atoms with Crippen molar-refractivity contribution in [3.05, 3.63) is 166 Å². The van der Waals surface area contributed by atoms with E-state index in [9.17, 15) is 0 Å². The summed E-state index contributed by atoms with van der Waals surface area (Å²) in [6, 6.07) is 27.2. The second kappa shape index (κ2) is 21.3. The van der Waals surface area contributed by atoms with Gasteiger partial charge in [-0.2, -0.15) is 14.6 Å². The molecular weight excluding hydrogens is 791 g/mol. The molecule has 0 atom stereocenters. The number of fused-ring (bicyclic) bond motifs is 6. The number of aromatic nitrogens is 8. The smallest absolute Gasteiger partial charge is 0.214 e. The van der Waals surface area contributed by atoms with E-state index >= 15 is 0 Å². The normalized spacial score (nSPS) is 13.0. The molecule has 3 aromatic carbocycles. The standard InChI is InChI=1S/C10H9N.C9H11NO.C9H11N.C8H8N2.C7H10N2O.C7H6N2S/c1-8-6-7-11-10-5-3-2-4-9(8)10;1-7-4-8-6-11-3-2-9(8)10-5-7;1-7-2-3-9-8(6-7)4-5-10-9;1-6-2-3-8-7(4-6)5-9-10-8;1-6-5-8-9-3-2-4-10-7(6)9;1-5-2-6-4-9-10-7(6)8-3-5/h2-7H,1H3;4-5H,2-3,6H2,1H3;2-3,6,10H,4-5H2,1H3;2-5H,1H3,(H,9,10);5H,2-4H2,1H3;2-4H,1H3. The number of aryl methyl sites for hydroxylation is 7. The summed E-state index contributed by atoms with van der Waals surface area (Å²) in [4.78, 5) is 13.8. The van der Waals surface area contributed by atoms with E-state index in [-0.39, 0.29) is 0 Å². The van der Waals surface area contributed by atoms with Crippen molar-refractivity contribution < 1.29 is 9.47 Å². The minimum absolute atomic E-state index is 0.740. The molecule has 0 unspecified atom stereocenters. The van der Waals surface area contributed by atoms with Gasteiger partial charge in [0.15, 0.2) is 0 Å². The van der Waals surface area contributed by atoms with Gasteiger partial charge in [-0.15, -0.1) is 0 Å². The lowest BCUT2D eigenvalue weighted by molar-refractivity contribution is 0.109. The fourth-order valence-corrected chi connectivity index (χ4v) is 7.76. The second-order valence-electron chi connectivity index (χ2n) is 15.7. The van der Waals surface area contributed by atoms with Gasteiger partial charge in [0, 0.05) is 77.6 Å². The summed E-state index contributed by atoms with van der Waals surface area (Å²) >= 11 is 1.43. The van der Waals surface area contributed by atoms with E-state index in [0.717, 1.165) is 78.4 Å². The van der Waals surface area contributed by atoms with Gasteiger partial charge in [-0.25, -0.2) is 9.67 Å². The highest BCUT2D eigenvalue weighted by molar-refractivity contribution is 7.12. The van der Waals surface area contributed by atoms with Crippen molar-refractivity contribution in [2.24, 2.45) is 0 Å². The molecule has 9 heterocycles. The molecule has 3 aliphatic rings. The van der Waals surface area contributed by atoms with E-state index in [1.54, 1.807) is 0 Å². The molecule has 11 nitrogen and oxygen atoms in total. The SMILES string of the molecule is Cc1ccc2[nH]ncc2c1.Cc1ccc2c(c1)CCN2.Cc1ccnc2ccccc12.Cc1cnc2c(c1)COCC2.Cc1cnc2sncc2c1.Cc1cnn2c1OCCC2. The number of benzene rings is 3. The number of pyridine rings is 3. The topological polar surface area (TPSA) is 129 Å². The van der Waals surface area contributed by atoms with Crippen LogP contribution in [0.25, 0.3) is 32.0 Å². The van der Waals surface area contributed by atoms with Crippen LogP contribution in [0.2, 0.25) is 0 Å². The minimum atomic E-state index is 0.740. The third-order valence-corrected chi connectivity index (χ3v) is 11.2. The molecule has 0 saturated heterocycles. The van der Waals surface area contributed by atoms with E-state index in [1.165, 1.54) is 79.1 Å². The van der Waals surface area contributed by atoms with Gasteiger partial charge in [0.1, 0.15) is 4.83 Å². The summed E-state index contributed by atoms with van der Waals surface area (Å²) in [6.45, 7) is 16.9. The lowest BCUT2D eigenvalue weighted by Crippen LogP contribution is -2.14. The zero-order chi connectivity index (χ0) is 43.3. The molecule has 12 heteroatoms. The maximum absolute atomic E-state index is 5.39. The minimum Gasteiger partial charge on any atom is -0.478 e. The third kappa shape index (κ3) is 11.9. The van der Waals surface area contributed by atoms with Gasteiger partial charge in [0.2, 0.25) is 5.88 Å². The van der Waals surface area contributed by atoms with E-state index in [0.29, 0.717) is 0 Å². The Hall–Kier alpha value is -6.50. The summed E-state index contributed by atoms with van der Waals surface area (Å²) in [7, 11) is 0. The Morgan fingerprint density at radius 1 is 0.677 bits per heavy atom. The van der Waals surface area contributed by atoms with E-state index < -0.39 is 0 Å². The number of H-pyrrole nitrogens is 1. The van der Waals surface area contributed by atoms with Gasteiger partial charge in [0.05, 0.1) is 49.4 Å². The van der Waals surface area contributed by atoms with Crippen molar-refractivity contribution in [2.75, 3.05) is 25.1 Å². The molecule has 0 spiro atoms. The Morgan fingerprint density at radius 3 is 2.34 bits per heavy atom. The van der Waals surface area contributed by atoms with Crippen LogP contribution in [-0.4, -0.2) is 59.1 Å². The van der Waals surface area contributed by atoms with Crippen LogP contribution in [-0.2, 0) is 30.7 Å². The van der Waals surface area contributed by atoms with Crippen molar-refractivity contribution >= 4 is 49.2 Å². The van der Waals surface area contributed by atoms with Crippen LogP contribution in [0.5, 0.6) is 5.88 Å². The molecule has 62 heavy (non-hydrogen) atoms. The van der Waals surface area contributed by atoms with Gasteiger partial charge >= 0.3 is 0 Å². The summed E-state index contributed by atoms with van der Waals surface area (Å²) in [5.74, 6) is 0.950. The number of para-hydroxylation sites is 1. The van der Waals surface area contributed by atoms with E-state index in [4.69, 9.17) is 9.47 Å². The largest absolute Gasteiger partial charge is 0.478 e. The zero-order valence-electron chi connectivity index (χ0n) is 36.5. The molecule has 6 aromatic heterocycles. The molecule has 318 valence electrons. The Balaban J connectivity index is 0.000000112. The number of nitrogens with one attached hydrogen (secondary N) is 2. The first-order valence-electron chi connectivity index (χ1n) is 21.1. The molecule has 0 amide bonds. The monoisotopic (exact) mass is 845 g/mol. The second-order valence-corrected chi connectivity index (χ2v) is 16.4. The van der Waals surface area contributed by atoms with Gasteiger partial charge < -0.3 is 14.8 Å². The maximum Gasteiger partial charge on any atom is 0.214 e. The summed E-state index contributed by atoms with van der Waals surface area (Å²) < 4.78 is 16.6. The molecule has 2 N–H and O–H groups in total. The Bertz CT molecular complexity index is 2770. The number of rotatable bonds is 0. The van der Waals surface area contributed by atoms with Crippen molar-refractivity contribution in [2.45, 2.75) is 74.0 Å². The van der Waals surface area contributed by atoms with Gasteiger partial charge in [-0.05, 0) is 124 Å². The van der Waals surface area contributed by atoms with Crippen LogP contribution in [0.1, 0.15) is 56.6 Å². The van der Waals surface area contributed by atoms with E-state index in [2.05, 4.69) is 116 Å². The first-order valence-corrected chi connectivity index (χ1v) is 21.9. The van der Waals surface area contributed by atoms with Crippen molar-refractivity contribution in [1.82, 2.24) is 39.3 Å². The molecule has 0 bridgehead atoms. The highest BCUT2D eigenvalue weighted by Gasteiger charge is 2.12. The van der Waals surface area contributed by atoms with Crippen LogP contribution in [0.3, 0.4) is 0 Å². The van der Waals surface area contributed by atoms with Crippen molar-refractivity contribution in [3.8, 4) is 5.88 Å².